The second kappa shape index (κ2) is 5.32. The van der Waals surface area contributed by atoms with Gasteiger partial charge in [0.05, 0.1) is 6.04 Å². The van der Waals surface area contributed by atoms with Crippen molar-refractivity contribution >= 4 is 5.91 Å². The molecule has 0 aliphatic carbocycles. The summed E-state index contributed by atoms with van der Waals surface area (Å²) in [6, 6.07) is 1.17. The molecule has 1 atom stereocenters. The van der Waals surface area contributed by atoms with Crippen molar-refractivity contribution < 1.29 is 4.79 Å². The van der Waals surface area contributed by atoms with E-state index in [-0.39, 0.29) is 17.0 Å². The third-order valence-electron chi connectivity index (χ3n) is 3.21. The van der Waals surface area contributed by atoms with Crippen molar-refractivity contribution in [1.82, 2.24) is 19.9 Å². The summed E-state index contributed by atoms with van der Waals surface area (Å²) in [4.78, 5) is 31.2. The molecule has 20 heavy (non-hydrogen) atoms. The average Bonchev–Trinajstić information content (AvgIpc) is 2.80. The molecule has 0 aromatic carbocycles. The number of H-pyrrole nitrogens is 1. The molecule has 0 aliphatic heterocycles. The maximum absolute atomic E-state index is 12.2. The van der Waals surface area contributed by atoms with Crippen molar-refractivity contribution in [3.05, 3.63) is 51.5 Å². The van der Waals surface area contributed by atoms with E-state index in [0.717, 1.165) is 11.4 Å². The van der Waals surface area contributed by atoms with Gasteiger partial charge in [-0.05, 0) is 20.8 Å². The van der Waals surface area contributed by atoms with Crippen molar-refractivity contribution in [3.63, 3.8) is 0 Å². The molecule has 0 saturated heterocycles. The second-order valence-corrected chi connectivity index (χ2v) is 4.95. The van der Waals surface area contributed by atoms with Gasteiger partial charge in [0.25, 0.3) is 5.91 Å². The van der Waals surface area contributed by atoms with Crippen molar-refractivity contribution in [3.8, 4) is 0 Å². The van der Waals surface area contributed by atoms with E-state index in [0.29, 0.717) is 5.82 Å². The van der Waals surface area contributed by atoms with Crippen LogP contribution >= 0.6 is 0 Å². The SMILES string of the molecule is Cc1cnc(C(C)NC(=O)c2cn(C)c(C)cc2=O)[nH]1. The Labute approximate surface area is 116 Å². The monoisotopic (exact) mass is 274 g/mol. The molecule has 6 nitrogen and oxygen atoms in total. The van der Waals surface area contributed by atoms with Gasteiger partial charge in [0.1, 0.15) is 11.4 Å². The number of carbonyl (C=O) groups excluding carboxylic acids is 1. The zero-order chi connectivity index (χ0) is 14.9. The molecule has 1 amide bonds. The number of aromatic amines is 1. The van der Waals surface area contributed by atoms with E-state index in [1.54, 1.807) is 24.0 Å². The Bertz CT molecular complexity index is 699. The first-order valence-electron chi connectivity index (χ1n) is 6.38. The zero-order valence-electron chi connectivity index (χ0n) is 12.0. The first kappa shape index (κ1) is 14.0. The number of hydrogen-bond donors (Lipinski definition) is 2. The van der Waals surface area contributed by atoms with Crippen molar-refractivity contribution in [2.75, 3.05) is 0 Å². The standard InChI is InChI=1S/C14H18N4O2/c1-8-6-15-13(16-8)10(3)17-14(20)11-7-18(4)9(2)5-12(11)19/h5-7,10H,1-4H3,(H,15,16)(H,17,20). The minimum Gasteiger partial charge on any atom is -0.354 e. The summed E-state index contributed by atoms with van der Waals surface area (Å²) in [6.45, 7) is 5.52. The molecule has 1 unspecified atom stereocenters. The summed E-state index contributed by atoms with van der Waals surface area (Å²) >= 11 is 0. The van der Waals surface area contributed by atoms with Crippen LogP contribution in [0.4, 0.5) is 0 Å². The van der Waals surface area contributed by atoms with Crippen molar-refractivity contribution in [2.24, 2.45) is 7.05 Å². The molecule has 2 heterocycles. The molecule has 0 spiro atoms. The number of rotatable bonds is 3. The predicted octanol–water partition coefficient (Wildman–Crippen LogP) is 1.22. The summed E-state index contributed by atoms with van der Waals surface area (Å²) < 4.78 is 1.75. The Kier molecular flexibility index (Phi) is 3.74. The van der Waals surface area contributed by atoms with Crippen LogP contribution in [0, 0.1) is 13.8 Å². The van der Waals surface area contributed by atoms with Crippen LogP contribution < -0.4 is 10.7 Å². The maximum Gasteiger partial charge on any atom is 0.257 e. The van der Waals surface area contributed by atoms with Crippen LogP contribution in [0.2, 0.25) is 0 Å². The van der Waals surface area contributed by atoms with Gasteiger partial charge in [0.2, 0.25) is 0 Å². The van der Waals surface area contributed by atoms with Crippen LogP contribution in [0.3, 0.4) is 0 Å². The zero-order valence-corrected chi connectivity index (χ0v) is 12.0. The fourth-order valence-corrected chi connectivity index (χ4v) is 1.89. The molecule has 0 fully saturated rings. The number of carbonyl (C=O) groups is 1. The van der Waals surface area contributed by atoms with Gasteiger partial charge < -0.3 is 14.9 Å². The van der Waals surface area contributed by atoms with Crippen molar-refractivity contribution in [1.29, 1.82) is 0 Å². The molecule has 2 rings (SSSR count). The van der Waals surface area contributed by atoms with Gasteiger partial charge in [-0.25, -0.2) is 4.98 Å². The van der Waals surface area contributed by atoms with Crippen molar-refractivity contribution in [2.45, 2.75) is 26.8 Å². The summed E-state index contributed by atoms with van der Waals surface area (Å²) in [7, 11) is 1.80. The lowest BCUT2D eigenvalue weighted by atomic mass is 10.2. The minimum absolute atomic E-state index is 0.133. The number of aryl methyl sites for hydroxylation is 3. The van der Waals surface area contributed by atoms with Gasteiger partial charge in [-0.3, -0.25) is 9.59 Å². The molecule has 6 heteroatoms. The molecule has 106 valence electrons. The molecular weight excluding hydrogens is 256 g/mol. The first-order chi connectivity index (χ1) is 9.38. The smallest absolute Gasteiger partial charge is 0.257 e. The molecule has 2 N–H and O–H groups in total. The number of amides is 1. The lowest BCUT2D eigenvalue weighted by Crippen LogP contribution is -2.32. The fraction of sp³-hybridized carbons (Fsp3) is 0.357. The van der Waals surface area contributed by atoms with Gasteiger partial charge in [0, 0.05) is 36.9 Å². The third kappa shape index (κ3) is 2.79. The molecule has 2 aromatic rings. The lowest BCUT2D eigenvalue weighted by Gasteiger charge is -2.12. The molecule has 0 radical (unpaired) electrons. The number of hydrogen-bond acceptors (Lipinski definition) is 3. The van der Waals surface area contributed by atoms with Crippen LogP contribution in [0.25, 0.3) is 0 Å². The van der Waals surface area contributed by atoms with Crippen LogP contribution in [0.1, 0.15) is 40.5 Å². The Hall–Kier alpha value is -2.37. The molecular formula is C14H18N4O2. The van der Waals surface area contributed by atoms with E-state index in [2.05, 4.69) is 15.3 Å². The number of pyridine rings is 1. The summed E-state index contributed by atoms with van der Waals surface area (Å²) in [6.07, 6.45) is 3.25. The van der Waals surface area contributed by atoms with Crippen LogP contribution in [-0.2, 0) is 7.05 Å². The van der Waals surface area contributed by atoms with Gasteiger partial charge in [-0.1, -0.05) is 0 Å². The van der Waals surface area contributed by atoms with Gasteiger partial charge >= 0.3 is 0 Å². The van der Waals surface area contributed by atoms with E-state index in [4.69, 9.17) is 0 Å². The molecule has 0 bridgehead atoms. The number of imidazole rings is 1. The second-order valence-electron chi connectivity index (χ2n) is 4.95. The molecule has 2 aromatic heterocycles. The topological polar surface area (TPSA) is 79.8 Å². The fourth-order valence-electron chi connectivity index (χ4n) is 1.89. The van der Waals surface area contributed by atoms with E-state index in [9.17, 15) is 9.59 Å². The highest BCUT2D eigenvalue weighted by Gasteiger charge is 2.16. The van der Waals surface area contributed by atoms with E-state index in [1.807, 2.05) is 20.8 Å². The number of nitrogens with zero attached hydrogens (tertiary/aromatic N) is 2. The van der Waals surface area contributed by atoms with E-state index in [1.165, 1.54) is 6.07 Å². The highest BCUT2D eigenvalue weighted by molar-refractivity contribution is 5.94. The Morgan fingerprint density at radius 3 is 2.75 bits per heavy atom. The normalized spacial score (nSPS) is 12.2. The quantitative estimate of drug-likeness (QED) is 0.883. The van der Waals surface area contributed by atoms with Crippen LogP contribution in [0.5, 0.6) is 0 Å². The Morgan fingerprint density at radius 1 is 1.45 bits per heavy atom. The van der Waals surface area contributed by atoms with Gasteiger partial charge in [-0.15, -0.1) is 0 Å². The van der Waals surface area contributed by atoms with Gasteiger partial charge in [-0.2, -0.15) is 0 Å². The lowest BCUT2D eigenvalue weighted by molar-refractivity contribution is 0.0936. The van der Waals surface area contributed by atoms with E-state index >= 15 is 0 Å². The average molecular weight is 274 g/mol. The van der Waals surface area contributed by atoms with Gasteiger partial charge in [0.15, 0.2) is 5.43 Å². The minimum atomic E-state index is -0.396. The largest absolute Gasteiger partial charge is 0.354 e. The maximum atomic E-state index is 12.2. The van der Waals surface area contributed by atoms with Crippen LogP contribution in [0.15, 0.2) is 23.3 Å². The third-order valence-corrected chi connectivity index (χ3v) is 3.21. The Balaban J connectivity index is 2.20. The molecule has 0 saturated carbocycles. The Morgan fingerprint density at radius 2 is 2.15 bits per heavy atom. The number of nitrogens with one attached hydrogen (secondary N) is 2. The highest BCUT2D eigenvalue weighted by Crippen LogP contribution is 2.08. The summed E-state index contributed by atoms with van der Waals surface area (Å²) in [5.41, 5.74) is 1.59. The summed E-state index contributed by atoms with van der Waals surface area (Å²) in [5, 5.41) is 2.77. The van der Waals surface area contributed by atoms with E-state index < -0.39 is 5.91 Å². The summed E-state index contributed by atoms with van der Waals surface area (Å²) in [5.74, 6) is 0.270. The predicted molar refractivity (Wildman–Crippen MR) is 75.6 cm³/mol. The first-order valence-corrected chi connectivity index (χ1v) is 6.38. The van der Waals surface area contributed by atoms with Crippen LogP contribution in [-0.4, -0.2) is 20.4 Å². The molecule has 0 aliphatic rings. The number of aromatic nitrogens is 3. The highest BCUT2D eigenvalue weighted by atomic mass is 16.2.